The number of carboxylic acid groups (broad SMARTS) is 1. The van der Waals surface area contributed by atoms with Gasteiger partial charge >= 0.3 is 5.97 Å². The van der Waals surface area contributed by atoms with Crippen molar-refractivity contribution in [2.75, 3.05) is 13.2 Å². The summed E-state index contributed by atoms with van der Waals surface area (Å²) in [4.78, 5) is 22.3. The first-order chi connectivity index (χ1) is 6.79. The number of aliphatic carboxylic acids is 1. The molecule has 0 rings (SSSR count). The third-order valence-electron chi connectivity index (χ3n) is 1.77. The number of nitrogens with one attached hydrogen (secondary N) is 1. The Balaban J connectivity index is 4.29. The molecule has 2 N–H and O–H groups in total. The van der Waals surface area contributed by atoms with Gasteiger partial charge in [0.15, 0.2) is 6.04 Å². The minimum atomic E-state index is -1.08. The topological polar surface area (TPSA) is 75.6 Å². The van der Waals surface area contributed by atoms with Crippen molar-refractivity contribution in [2.24, 2.45) is 5.41 Å². The Bertz CT molecular complexity index is 232. The highest BCUT2D eigenvalue weighted by Gasteiger charge is 2.27. The lowest BCUT2D eigenvalue weighted by molar-refractivity contribution is -0.145. The van der Waals surface area contributed by atoms with Gasteiger partial charge in [0.05, 0.1) is 6.61 Å². The third kappa shape index (κ3) is 5.37. The number of ether oxygens (including phenoxy) is 1. The summed E-state index contributed by atoms with van der Waals surface area (Å²) in [7, 11) is 0. The summed E-state index contributed by atoms with van der Waals surface area (Å²) in [6, 6.07) is -0.975. The van der Waals surface area contributed by atoms with Crippen LogP contribution in [0, 0.1) is 5.41 Å². The maximum atomic E-state index is 11.5. The highest BCUT2D eigenvalue weighted by Crippen LogP contribution is 2.12. The van der Waals surface area contributed by atoms with E-state index in [1.54, 1.807) is 27.7 Å². The summed E-state index contributed by atoms with van der Waals surface area (Å²) in [6.45, 7) is 7.36. The number of amides is 1. The van der Waals surface area contributed by atoms with Crippen molar-refractivity contribution in [3.8, 4) is 0 Å². The lowest BCUT2D eigenvalue weighted by Gasteiger charge is -2.21. The highest BCUT2D eigenvalue weighted by molar-refractivity contribution is 5.86. The van der Waals surface area contributed by atoms with Gasteiger partial charge in [0.25, 0.3) is 0 Å². The molecule has 5 nitrogen and oxygen atoms in total. The monoisotopic (exact) mass is 217 g/mol. The summed E-state index contributed by atoms with van der Waals surface area (Å²) in [5.41, 5.74) is -0.597. The Morgan fingerprint density at radius 3 is 2.27 bits per heavy atom. The highest BCUT2D eigenvalue weighted by atomic mass is 16.5. The van der Waals surface area contributed by atoms with Gasteiger partial charge < -0.3 is 15.2 Å². The van der Waals surface area contributed by atoms with Gasteiger partial charge in [-0.05, 0) is 6.92 Å². The first-order valence-corrected chi connectivity index (χ1v) is 4.90. The average Bonchev–Trinajstić information content (AvgIpc) is 2.09. The molecule has 0 radical (unpaired) electrons. The van der Waals surface area contributed by atoms with E-state index in [1.807, 2.05) is 0 Å². The Morgan fingerprint density at radius 1 is 1.40 bits per heavy atom. The molecule has 0 heterocycles. The maximum Gasteiger partial charge on any atom is 0.328 e. The summed E-state index contributed by atoms with van der Waals surface area (Å²) in [6.07, 6.45) is 0. The van der Waals surface area contributed by atoms with Gasteiger partial charge in [-0.3, -0.25) is 4.79 Å². The van der Waals surface area contributed by atoms with Crippen molar-refractivity contribution >= 4 is 11.9 Å². The molecule has 1 amide bonds. The molecule has 0 aromatic rings. The van der Waals surface area contributed by atoms with Gasteiger partial charge in [-0.25, -0.2) is 4.79 Å². The van der Waals surface area contributed by atoms with Gasteiger partial charge in [-0.15, -0.1) is 0 Å². The number of rotatable bonds is 5. The van der Waals surface area contributed by atoms with Crippen molar-refractivity contribution < 1.29 is 19.4 Å². The molecule has 0 saturated heterocycles. The standard InChI is InChI=1S/C10H19NO4/c1-5-15-6-7(8(12)13)11-9(14)10(2,3)4/h7H,5-6H2,1-4H3,(H,11,14)(H,12,13). The van der Waals surface area contributed by atoms with Crippen LogP contribution in [0.5, 0.6) is 0 Å². The largest absolute Gasteiger partial charge is 0.480 e. The molecule has 0 bridgehead atoms. The number of hydrogen-bond acceptors (Lipinski definition) is 3. The van der Waals surface area contributed by atoms with E-state index < -0.39 is 17.4 Å². The minimum Gasteiger partial charge on any atom is -0.480 e. The van der Waals surface area contributed by atoms with Crippen molar-refractivity contribution in [1.29, 1.82) is 0 Å². The zero-order valence-electron chi connectivity index (χ0n) is 9.66. The van der Waals surface area contributed by atoms with Crippen LogP contribution in [0.25, 0.3) is 0 Å². The van der Waals surface area contributed by atoms with Crippen LogP contribution in [0.4, 0.5) is 0 Å². The lowest BCUT2D eigenvalue weighted by Crippen LogP contribution is -2.48. The SMILES string of the molecule is CCOCC(NC(=O)C(C)(C)C)C(=O)O. The Kier molecular flexibility index (Phi) is 5.28. The molecule has 0 saturated carbocycles. The molecule has 1 unspecified atom stereocenters. The summed E-state index contributed by atoms with van der Waals surface area (Å²) in [5.74, 6) is -1.38. The zero-order chi connectivity index (χ0) is 12.1. The van der Waals surface area contributed by atoms with E-state index in [0.29, 0.717) is 6.61 Å². The molecule has 1 atom stereocenters. The van der Waals surface area contributed by atoms with E-state index in [4.69, 9.17) is 9.84 Å². The fourth-order valence-corrected chi connectivity index (χ4v) is 0.785. The minimum absolute atomic E-state index is 0.00630. The molecular formula is C10H19NO4. The molecule has 0 aliphatic carbocycles. The van der Waals surface area contributed by atoms with E-state index in [0.717, 1.165) is 0 Å². The molecular weight excluding hydrogens is 198 g/mol. The fraction of sp³-hybridized carbons (Fsp3) is 0.800. The molecule has 0 aliphatic rings. The van der Waals surface area contributed by atoms with Crippen molar-refractivity contribution in [3.63, 3.8) is 0 Å². The fourth-order valence-electron chi connectivity index (χ4n) is 0.785. The number of hydrogen-bond donors (Lipinski definition) is 2. The first kappa shape index (κ1) is 13.9. The van der Waals surface area contributed by atoms with E-state index in [1.165, 1.54) is 0 Å². The number of carbonyl (C=O) groups is 2. The van der Waals surface area contributed by atoms with Crippen LogP contribution < -0.4 is 5.32 Å². The third-order valence-corrected chi connectivity index (χ3v) is 1.77. The molecule has 88 valence electrons. The number of carboxylic acids is 1. The second-order valence-corrected chi connectivity index (χ2v) is 4.27. The van der Waals surface area contributed by atoms with Crippen LogP contribution in [0.3, 0.4) is 0 Å². The van der Waals surface area contributed by atoms with E-state index >= 15 is 0 Å². The zero-order valence-corrected chi connectivity index (χ0v) is 9.66. The smallest absolute Gasteiger partial charge is 0.328 e. The van der Waals surface area contributed by atoms with E-state index in [2.05, 4.69) is 5.32 Å². The Labute approximate surface area is 89.8 Å². The van der Waals surface area contributed by atoms with Crippen LogP contribution in [-0.4, -0.2) is 36.2 Å². The predicted molar refractivity (Wildman–Crippen MR) is 55.5 cm³/mol. The van der Waals surface area contributed by atoms with Gasteiger partial charge in [-0.2, -0.15) is 0 Å². The van der Waals surface area contributed by atoms with Crippen LogP contribution in [0.2, 0.25) is 0 Å². The van der Waals surface area contributed by atoms with E-state index in [-0.39, 0.29) is 12.5 Å². The molecule has 0 aromatic carbocycles. The molecule has 15 heavy (non-hydrogen) atoms. The number of carbonyl (C=O) groups excluding carboxylic acids is 1. The maximum absolute atomic E-state index is 11.5. The summed E-state index contributed by atoms with van der Waals surface area (Å²) in [5, 5.41) is 11.2. The molecule has 0 aromatic heterocycles. The molecule has 0 aliphatic heterocycles. The summed E-state index contributed by atoms with van der Waals surface area (Å²) >= 11 is 0. The Morgan fingerprint density at radius 2 is 1.93 bits per heavy atom. The van der Waals surface area contributed by atoms with Gasteiger partial charge in [0.2, 0.25) is 5.91 Å². The van der Waals surface area contributed by atoms with Crippen LogP contribution in [0.1, 0.15) is 27.7 Å². The van der Waals surface area contributed by atoms with Gasteiger partial charge in [0.1, 0.15) is 0 Å². The van der Waals surface area contributed by atoms with Crippen molar-refractivity contribution in [3.05, 3.63) is 0 Å². The normalized spacial score (nSPS) is 13.3. The first-order valence-electron chi connectivity index (χ1n) is 4.90. The van der Waals surface area contributed by atoms with Crippen LogP contribution in [-0.2, 0) is 14.3 Å². The van der Waals surface area contributed by atoms with Crippen molar-refractivity contribution in [1.82, 2.24) is 5.32 Å². The summed E-state index contributed by atoms with van der Waals surface area (Å²) < 4.78 is 4.97. The van der Waals surface area contributed by atoms with Crippen LogP contribution in [0.15, 0.2) is 0 Å². The second-order valence-electron chi connectivity index (χ2n) is 4.27. The van der Waals surface area contributed by atoms with Crippen LogP contribution >= 0.6 is 0 Å². The van der Waals surface area contributed by atoms with Gasteiger partial charge in [-0.1, -0.05) is 20.8 Å². The molecule has 5 heteroatoms. The van der Waals surface area contributed by atoms with E-state index in [9.17, 15) is 9.59 Å². The Hall–Kier alpha value is -1.10. The molecule has 0 spiro atoms. The lowest BCUT2D eigenvalue weighted by atomic mass is 9.95. The quantitative estimate of drug-likeness (QED) is 0.708. The van der Waals surface area contributed by atoms with Gasteiger partial charge in [0, 0.05) is 12.0 Å². The molecule has 0 fully saturated rings. The predicted octanol–water partition coefficient (Wildman–Crippen LogP) is 0.638. The second kappa shape index (κ2) is 5.70. The average molecular weight is 217 g/mol. The van der Waals surface area contributed by atoms with Crippen molar-refractivity contribution in [2.45, 2.75) is 33.7 Å².